The Hall–Kier alpha value is -2.82. The molecule has 1 aromatic carbocycles. The van der Waals surface area contributed by atoms with E-state index in [0.29, 0.717) is 18.0 Å². The Morgan fingerprint density at radius 1 is 1.19 bits per heavy atom. The van der Waals surface area contributed by atoms with Crippen LogP contribution < -0.4 is 0 Å². The molecule has 0 radical (unpaired) electrons. The molecule has 1 saturated carbocycles. The summed E-state index contributed by atoms with van der Waals surface area (Å²) >= 11 is 0. The molecule has 5 heteroatoms. The van der Waals surface area contributed by atoms with E-state index < -0.39 is 0 Å². The van der Waals surface area contributed by atoms with Gasteiger partial charge in [0, 0.05) is 42.9 Å². The van der Waals surface area contributed by atoms with Gasteiger partial charge in [0.25, 0.3) is 5.91 Å². The van der Waals surface area contributed by atoms with Gasteiger partial charge in [0.05, 0.1) is 16.8 Å². The van der Waals surface area contributed by atoms with Gasteiger partial charge in [0.2, 0.25) is 0 Å². The molecule has 3 aromatic rings. The molecule has 0 N–H and O–H groups in total. The number of amides is 1. The smallest absolute Gasteiger partial charge is 0.254 e. The van der Waals surface area contributed by atoms with Gasteiger partial charge in [-0.25, -0.2) is 15.0 Å². The molecule has 0 unspecified atom stereocenters. The Labute approximate surface area is 159 Å². The van der Waals surface area contributed by atoms with Crippen LogP contribution in [0.5, 0.6) is 0 Å². The number of pyridine rings is 1. The highest BCUT2D eigenvalue weighted by molar-refractivity contribution is 6.07. The lowest BCUT2D eigenvalue weighted by Crippen LogP contribution is -2.26. The molecule has 1 aliphatic rings. The van der Waals surface area contributed by atoms with E-state index in [1.807, 2.05) is 38.5 Å². The van der Waals surface area contributed by atoms with Gasteiger partial charge in [0.1, 0.15) is 5.82 Å². The van der Waals surface area contributed by atoms with Crippen molar-refractivity contribution in [3.05, 3.63) is 53.1 Å². The van der Waals surface area contributed by atoms with Crippen LogP contribution in [0.25, 0.3) is 22.2 Å². The fraction of sp³-hybridized carbons (Fsp3) is 0.364. The van der Waals surface area contributed by atoms with E-state index >= 15 is 0 Å². The highest BCUT2D eigenvalue weighted by Gasteiger charge is 2.26. The lowest BCUT2D eigenvalue weighted by Gasteiger charge is -2.18. The molecule has 0 saturated heterocycles. The van der Waals surface area contributed by atoms with Gasteiger partial charge < -0.3 is 4.90 Å². The normalized spacial score (nSPS) is 13.8. The van der Waals surface area contributed by atoms with Crippen LogP contribution in [0.2, 0.25) is 0 Å². The van der Waals surface area contributed by atoms with Crippen LogP contribution >= 0.6 is 0 Å². The van der Waals surface area contributed by atoms with Gasteiger partial charge in [-0.05, 0) is 50.8 Å². The van der Waals surface area contributed by atoms with Crippen molar-refractivity contribution < 1.29 is 4.79 Å². The first-order valence-electron chi connectivity index (χ1n) is 9.48. The van der Waals surface area contributed by atoms with Gasteiger partial charge >= 0.3 is 0 Å². The van der Waals surface area contributed by atoms with Crippen LogP contribution in [-0.4, -0.2) is 39.4 Å². The summed E-state index contributed by atoms with van der Waals surface area (Å²) in [6, 6.07) is 5.92. The minimum absolute atomic E-state index is 0.00456. The lowest BCUT2D eigenvalue weighted by molar-refractivity contribution is 0.0804. The molecule has 138 valence electrons. The maximum absolute atomic E-state index is 13.0. The molecular weight excluding hydrogens is 336 g/mol. The minimum Gasteiger partial charge on any atom is -0.342 e. The van der Waals surface area contributed by atoms with E-state index in [9.17, 15) is 4.79 Å². The fourth-order valence-corrected chi connectivity index (χ4v) is 3.23. The van der Waals surface area contributed by atoms with E-state index in [4.69, 9.17) is 4.98 Å². The highest BCUT2D eigenvalue weighted by atomic mass is 16.2. The molecule has 0 spiro atoms. The van der Waals surface area contributed by atoms with Crippen molar-refractivity contribution in [2.75, 3.05) is 13.6 Å². The zero-order valence-corrected chi connectivity index (χ0v) is 16.3. The second-order valence-electron chi connectivity index (χ2n) is 7.38. The van der Waals surface area contributed by atoms with Crippen molar-refractivity contribution >= 4 is 16.8 Å². The first-order chi connectivity index (χ1) is 13.0. The third kappa shape index (κ3) is 3.18. The molecular formula is C22H24N4O. The van der Waals surface area contributed by atoms with Crippen molar-refractivity contribution in [2.24, 2.45) is 0 Å². The first-order valence-corrected chi connectivity index (χ1v) is 9.48. The van der Waals surface area contributed by atoms with Crippen molar-refractivity contribution in [2.45, 2.75) is 39.5 Å². The van der Waals surface area contributed by atoms with E-state index in [1.165, 1.54) is 12.8 Å². The number of hydrogen-bond donors (Lipinski definition) is 0. The molecule has 0 aliphatic heterocycles. The molecule has 4 rings (SSSR count). The van der Waals surface area contributed by atoms with E-state index in [2.05, 4.69) is 29.9 Å². The monoisotopic (exact) mass is 360 g/mol. The number of carbonyl (C=O) groups is 1. The van der Waals surface area contributed by atoms with Crippen molar-refractivity contribution in [3.8, 4) is 11.3 Å². The second kappa shape index (κ2) is 6.72. The molecule has 2 heterocycles. The zero-order valence-electron chi connectivity index (χ0n) is 16.3. The number of benzene rings is 1. The SMILES string of the molecule is CCN(C)C(=O)c1cc(-c2cnc(C3CC3)nc2)nc2c(C)c(C)ccc12. The average Bonchev–Trinajstić information content (AvgIpc) is 3.54. The Morgan fingerprint density at radius 2 is 1.89 bits per heavy atom. The van der Waals surface area contributed by atoms with Crippen molar-refractivity contribution in [1.29, 1.82) is 0 Å². The molecule has 2 aromatic heterocycles. The quantitative estimate of drug-likeness (QED) is 0.697. The lowest BCUT2D eigenvalue weighted by atomic mass is 9.99. The van der Waals surface area contributed by atoms with Crippen LogP contribution in [0.3, 0.4) is 0 Å². The number of aromatic nitrogens is 3. The molecule has 0 atom stereocenters. The third-order valence-electron chi connectivity index (χ3n) is 5.47. The Balaban J connectivity index is 1.89. The zero-order chi connectivity index (χ0) is 19.1. The van der Waals surface area contributed by atoms with E-state index in [-0.39, 0.29) is 5.91 Å². The molecule has 5 nitrogen and oxygen atoms in total. The average molecular weight is 360 g/mol. The topological polar surface area (TPSA) is 59.0 Å². The minimum atomic E-state index is 0.00456. The maximum atomic E-state index is 13.0. The van der Waals surface area contributed by atoms with Gasteiger partial charge in [-0.2, -0.15) is 0 Å². The number of carbonyl (C=O) groups excluding carboxylic acids is 1. The highest BCUT2D eigenvalue weighted by Crippen LogP contribution is 2.38. The maximum Gasteiger partial charge on any atom is 0.254 e. The molecule has 1 aliphatic carbocycles. The number of rotatable bonds is 4. The number of aryl methyl sites for hydroxylation is 2. The third-order valence-corrected chi connectivity index (χ3v) is 5.47. The van der Waals surface area contributed by atoms with Crippen LogP contribution in [0.15, 0.2) is 30.6 Å². The van der Waals surface area contributed by atoms with Crippen LogP contribution in [0, 0.1) is 13.8 Å². The van der Waals surface area contributed by atoms with Crippen LogP contribution in [0.1, 0.15) is 53.0 Å². The Bertz CT molecular complexity index is 1020. The second-order valence-corrected chi connectivity index (χ2v) is 7.38. The molecule has 27 heavy (non-hydrogen) atoms. The van der Waals surface area contributed by atoms with Crippen molar-refractivity contribution in [1.82, 2.24) is 19.9 Å². The van der Waals surface area contributed by atoms with E-state index in [1.54, 1.807) is 4.90 Å². The van der Waals surface area contributed by atoms with Gasteiger partial charge in [-0.1, -0.05) is 12.1 Å². The predicted octanol–water partition coefficient (Wildman–Crippen LogP) is 4.28. The predicted molar refractivity (Wildman–Crippen MR) is 107 cm³/mol. The molecule has 1 fully saturated rings. The molecule has 0 bridgehead atoms. The van der Waals surface area contributed by atoms with Crippen molar-refractivity contribution in [3.63, 3.8) is 0 Å². The largest absolute Gasteiger partial charge is 0.342 e. The fourth-order valence-electron chi connectivity index (χ4n) is 3.23. The summed E-state index contributed by atoms with van der Waals surface area (Å²) in [5, 5.41) is 0.891. The van der Waals surface area contributed by atoms with Gasteiger partial charge in [-0.3, -0.25) is 4.79 Å². The summed E-state index contributed by atoms with van der Waals surface area (Å²) in [7, 11) is 1.82. The van der Waals surface area contributed by atoms with Crippen LogP contribution in [0.4, 0.5) is 0 Å². The number of fused-ring (bicyclic) bond motifs is 1. The standard InChI is InChI=1S/C22H24N4O/c1-5-26(4)22(27)18-10-19(16-11-23-21(24-12-16)15-7-8-15)25-20-14(3)13(2)6-9-17(18)20/h6,9-12,15H,5,7-8H2,1-4H3. The molecule has 1 amide bonds. The Kier molecular flexibility index (Phi) is 4.38. The summed E-state index contributed by atoms with van der Waals surface area (Å²) < 4.78 is 0. The number of nitrogens with zero attached hydrogens (tertiary/aromatic N) is 4. The van der Waals surface area contributed by atoms with E-state index in [0.717, 1.165) is 39.1 Å². The first kappa shape index (κ1) is 17.6. The summed E-state index contributed by atoms with van der Waals surface area (Å²) in [6.45, 7) is 6.75. The summed E-state index contributed by atoms with van der Waals surface area (Å²) in [5.41, 5.74) is 5.38. The summed E-state index contributed by atoms with van der Waals surface area (Å²) in [6.07, 6.45) is 6.01. The van der Waals surface area contributed by atoms with Crippen LogP contribution in [-0.2, 0) is 0 Å². The summed E-state index contributed by atoms with van der Waals surface area (Å²) in [5.74, 6) is 1.43. The van der Waals surface area contributed by atoms with Gasteiger partial charge in [-0.15, -0.1) is 0 Å². The van der Waals surface area contributed by atoms with Gasteiger partial charge in [0.15, 0.2) is 0 Å². The summed E-state index contributed by atoms with van der Waals surface area (Å²) in [4.78, 5) is 28.6. The number of hydrogen-bond acceptors (Lipinski definition) is 4. The Morgan fingerprint density at radius 3 is 2.52 bits per heavy atom.